The number of benzene rings is 2. The van der Waals surface area contributed by atoms with E-state index in [1.807, 2.05) is 54.6 Å². The smallest absolute Gasteiger partial charge is 0.489 e. The second kappa shape index (κ2) is 11.2. The van der Waals surface area contributed by atoms with Gasteiger partial charge in [0, 0.05) is 6.54 Å². The van der Waals surface area contributed by atoms with E-state index in [4.69, 9.17) is 4.74 Å². The van der Waals surface area contributed by atoms with Crippen molar-refractivity contribution in [2.45, 2.75) is 32.0 Å². The van der Waals surface area contributed by atoms with Crippen LogP contribution in [0.25, 0.3) is 0 Å². The molecular weight excluding hydrogens is 387 g/mol. The number of esters is 2. The zero-order valence-electron chi connectivity index (χ0n) is 15.7. The number of ether oxygens (including phenoxy) is 2. The van der Waals surface area contributed by atoms with Crippen molar-refractivity contribution in [2.75, 3.05) is 13.1 Å². The molecule has 0 aromatic heterocycles. The van der Waals surface area contributed by atoms with E-state index in [9.17, 15) is 22.8 Å². The maximum atomic E-state index is 12.0. The summed E-state index contributed by atoms with van der Waals surface area (Å²) in [5, 5.41) is 2.93. The van der Waals surface area contributed by atoms with E-state index in [1.165, 1.54) is 0 Å². The summed E-state index contributed by atoms with van der Waals surface area (Å²) in [6.45, 7) is 1.21. The summed E-state index contributed by atoms with van der Waals surface area (Å²) < 4.78 is 45.3. The fraction of sp³-hybridized carbons (Fsp3) is 0.333. The third-order valence-electron chi connectivity index (χ3n) is 3.93. The Kier molecular flexibility index (Phi) is 8.67. The predicted octanol–water partition coefficient (Wildman–Crippen LogP) is 3.81. The first-order valence-corrected chi connectivity index (χ1v) is 9.13. The zero-order valence-corrected chi connectivity index (χ0v) is 15.7. The van der Waals surface area contributed by atoms with E-state index in [0.29, 0.717) is 13.2 Å². The van der Waals surface area contributed by atoms with Gasteiger partial charge in [-0.2, -0.15) is 13.2 Å². The summed E-state index contributed by atoms with van der Waals surface area (Å²) >= 11 is 0. The molecular formula is C21H22F3NO4. The van der Waals surface area contributed by atoms with Gasteiger partial charge in [-0.15, -0.1) is 0 Å². The van der Waals surface area contributed by atoms with Gasteiger partial charge in [0.25, 0.3) is 0 Å². The number of hydrogen-bond donors (Lipinski definition) is 1. The highest BCUT2D eigenvalue weighted by molar-refractivity contribution is 5.88. The Balaban J connectivity index is 1.57. The quantitative estimate of drug-likeness (QED) is 0.367. The highest BCUT2D eigenvalue weighted by Crippen LogP contribution is 2.17. The number of carbonyl (C=O) groups is 2. The van der Waals surface area contributed by atoms with Crippen molar-refractivity contribution in [1.82, 2.24) is 5.32 Å². The molecule has 5 nitrogen and oxygen atoms in total. The molecule has 0 heterocycles. The summed E-state index contributed by atoms with van der Waals surface area (Å²) in [4.78, 5) is 21.6. The van der Waals surface area contributed by atoms with Gasteiger partial charge < -0.3 is 14.8 Å². The van der Waals surface area contributed by atoms with Gasteiger partial charge in [0.2, 0.25) is 0 Å². The SMILES string of the molecule is O=C(CCNCCCc1ccc(OCc2ccccc2)cc1)OC(=O)C(F)(F)F. The number of alkyl halides is 3. The Bertz CT molecular complexity index is 777. The lowest BCUT2D eigenvalue weighted by molar-refractivity contribution is -0.201. The fourth-order valence-corrected chi connectivity index (χ4v) is 2.44. The lowest BCUT2D eigenvalue weighted by atomic mass is 10.1. The molecule has 29 heavy (non-hydrogen) atoms. The van der Waals surface area contributed by atoms with E-state index in [0.717, 1.165) is 29.7 Å². The van der Waals surface area contributed by atoms with Gasteiger partial charge in [0.15, 0.2) is 0 Å². The lowest BCUT2D eigenvalue weighted by Crippen LogP contribution is -2.29. The monoisotopic (exact) mass is 409 g/mol. The van der Waals surface area contributed by atoms with Gasteiger partial charge >= 0.3 is 18.1 Å². The molecule has 0 aliphatic heterocycles. The lowest BCUT2D eigenvalue weighted by Gasteiger charge is -2.08. The van der Waals surface area contributed by atoms with Crippen molar-refractivity contribution in [2.24, 2.45) is 0 Å². The summed E-state index contributed by atoms with van der Waals surface area (Å²) in [7, 11) is 0. The first-order chi connectivity index (χ1) is 13.8. The van der Waals surface area contributed by atoms with E-state index in [1.54, 1.807) is 0 Å². The minimum absolute atomic E-state index is 0.135. The van der Waals surface area contributed by atoms with Gasteiger partial charge in [-0.25, -0.2) is 4.79 Å². The Morgan fingerprint density at radius 1 is 0.897 bits per heavy atom. The molecule has 0 aliphatic rings. The summed E-state index contributed by atoms with van der Waals surface area (Å²) in [5.74, 6) is -2.91. The minimum atomic E-state index is -5.16. The normalized spacial score (nSPS) is 11.1. The molecule has 0 bridgehead atoms. The number of aryl methyl sites for hydroxylation is 1. The molecule has 0 saturated heterocycles. The largest absolute Gasteiger partial charge is 0.491 e. The molecule has 0 spiro atoms. The van der Waals surface area contributed by atoms with Crippen LogP contribution in [0.15, 0.2) is 54.6 Å². The average molecular weight is 409 g/mol. The van der Waals surface area contributed by atoms with Gasteiger partial charge in [0.05, 0.1) is 6.42 Å². The zero-order chi connectivity index (χ0) is 21.1. The second-order valence-electron chi connectivity index (χ2n) is 6.28. The fourth-order valence-electron chi connectivity index (χ4n) is 2.44. The first kappa shape index (κ1) is 22.4. The van der Waals surface area contributed by atoms with Gasteiger partial charge in [-0.1, -0.05) is 42.5 Å². The van der Waals surface area contributed by atoms with E-state index in [-0.39, 0.29) is 13.0 Å². The third-order valence-corrected chi connectivity index (χ3v) is 3.93. The third kappa shape index (κ3) is 8.78. The Labute approximate surface area is 166 Å². The molecule has 2 aromatic rings. The van der Waals surface area contributed by atoms with Crippen LogP contribution in [0.1, 0.15) is 24.0 Å². The molecule has 0 saturated carbocycles. The molecule has 0 radical (unpaired) electrons. The van der Waals surface area contributed by atoms with Gasteiger partial charge in [-0.3, -0.25) is 4.79 Å². The topological polar surface area (TPSA) is 64.6 Å². The molecule has 156 valence electrons. The van der Waals surface area contributed by atoms with Crippen LogP contribution in [0.5, 0.6) is 5.75 Å². The molecule has 8 heteroatoms. The van der Waals surface area contributed by atoms with Crippen LogP contribution in [0, 0.1) is 0 Å². The molecule has 0 atom stereocenters. The number of halogens is 3. The summed E-state index contributed by atoms with van der Waals surface area (Å²) in [5.41, 5.74) is 2.21. The number of carbonyl (C=O) groups excluding carboxylic acids is 2. The van der Waals surface area contributed by atoms with E-state index >= 15 is 0 Å². The molecule has 0 unspecified atom stereocenters. The van der Waals surface area contributed by atoms with Crippen LogP contribution in [-0.4, -0.2) is 31.2 Å². The Morgan fingerprint density at radius 3 is 2.24 bits per heavy atom. The van der Waals surface area contributed by atoms with Crippen LogP contribution in [0.4, 0.5) is 13.2 Å². The number of rotatable bonds is 10. The van der Waals surface area contributed by atoms with Crippen molar-refractivity contribution >= 4 is 11.9 Å². The maximum absolute atomic E-state index is 12.0. The van der Waals surface area contributed by atoms with Crippen molar-refractivity contribution in [3.05, 3.63) is 65.7 Å². The van der Waals surface area contributed by atoms with Crippen LogP contribution in [0.3, 0.4) is 0 Å². The standard InChI is InChI=1S/C21H22F3NO4/c22-21(23,24)20(27)29-19(26)12-14-25-13-4-7-16-8-10-18(11-9-16)28-15-17-5-2-1-3-6-17/h1-3,5-6,8-11,25H,4,7,12-15H2. The predicted molar refractivity (Wildman–Crippen MR) is 100 cm³/mol. The maximum Gasteiger partial charge on any atom is 0.491 e. The van der Waals surface area contributed by atoms with Gasteiger partial charge in [-0.05, 0) is 42.6 Å². The van der Waals surface area contributed by atoms with Crippen molar-refractivity contribution in [3.8, 4) is 5.75 Å². The van der Waals surface area contributed by atoms with E-state index in [2.05, 4.69) is 10.1 Å². The summed E-state index contributed by atoms with van der Waals surface area (Å²) in [6.07, 6.45) is -3.90. The molecule has 0 amide bonds. The molecule has 2 rings (SSSR count). The minimum Gasteiger partial charge on any atom is -0.489 e. The molecule has 0 fully saturated rings. The first-order valence-electron chi connectivity index (χ1n) is 9.13. The summed E-state index contributed by atoms with van der Waals surface area (Å²) in [6, 6.07) is 17.6. The van der Waals surface area contributed by atoms with Crippen molar-refractivity contribution < 1.29 is 32.2 Å². The van der Waals surface area contributed by atoms with E-state index < -0.39 is 18.1 Å². The Hall–Kier alpha value is -2.87. The van der Waals surface area contributed by atoms with Crippen LogP contribution < -0.4 is 10.1 Å². The molecule has 2 aromatic carbocycles. The van der Waals surface area contributed by atoms with Gasteiger partial charge in [0.1, 0.15) is 12.4 Å². The van der Waals surface area contributed by atoms with Crippen molar-refractivity contribution in [1.29, 1.82) is 0 Å². The number of hydrogen-bond acceptors (Lipinski definition) is 5. The second-order valence-corrected chi connectivity index (χ2v) is 6.28. The van der Waals surface area contributed by atoms with Crippen molar-refractivity contribution in [3.63, 3.8) is 0 Å². The highest BCUT2D eigenvalue weighted by atomic mass is 19.4. The molecule has 1 N–H and O–H groups in total. The van der Waals surface area contributed by atoms with Crippen LogP contribution in [-0.2, 0) is 27.4 Å². The average Bonchev–Trinajstić information content (AvgIpc) is 2.70. The number of nitrogens with one attached hydrogen (secondary N) is 1. The van der Waals surface area contributed by atoms with Crippen LogP contribution in [0.2, 0.25) is 0 Å². The highest BCUT2D eigenvalue weighted by Gasteiger charge is 2.42. The van der Waals surface area contributed by atoms with Crippen LogP contribution >= 0.6 is 0 Å². The Morgan fingerprint density at radius 2 is 1.59 bits per heavy atom. The molecule has 0 aliphatic carbocycles.